The number of hydrogen-bond donors (Lipinski definition) is 2. The fourth-order valence-electron chi connectivity index (χ4n) is 8.18. The molecule has 30 heavy (non-hydrogen) atoms. The number of fused-ring (bicyclic) bond motifs is 5. The first-order valence-corrected chi connectivity index (χ1v) is 12.1. The van der Waals surface area contributed by atoms with Gasteiger partial charge in [-0.15, -0.1) is 0 Å². The third kappa shape index (κ3) is 3.04. The molecule has 1 saturated heterocycles. The summed E-state index contributed by atoms with van der Waals surface area (Å²) in [4.78, 5) is 31.1. The van der Waals surface area contributed by atoms with Gasteiger partial charge in [-0.1, -0.05) is 19.0 Å². The number of nitrogens with one attached hydrogen (secondary N) is 1. The number of nitrogens with two attached hydrogens (primary N) is 1. The summed E-state index contributed by atoms with van der Waals surface area (Å²) < 4.78 is 0. The molecular weight excluding hydrogens is 378 g/mol. The van der Waals surface area contributed by atoms with Crippen LogP contribution in [0.15, 0.2) is 5.16 Å². The highest BCUT2D eigenvalue weighted by Gasteiger charge is 2.62. The van der Waals surface area contributed by atoms with Gasteiger partial charge < -0.3 is 15.9 Å². The molecule has 3 N–H and O–H groups in total. The number of primary amides is 1. The third-order valence-corrected chi connectivity index (χ3v) is 9.97. The predicted octanol–water partition coefficient (Wildman–Crippen LogP) is 3.04. The Labute approximate surface area is 179 Å². The molecule has 6 heteroatoms. The minimum absolute atomic E-state index is 0.101. The molecule has 0 aromatic heterocycles. The van der Waals surface area contributed by atoms with Crippen molar-refractivity contribution in [2.24, 2.45) is 51.3 Å². The number of hydrogen-bond acceptors (Lipinski definition) is 5. The van der Waals surface area contributed by atoms with Crippen molar-refractivity contribution in [2.45, 2.75) is 77.7 Å². The molecule has 1 heterocycles. The lowest BCUT2D eigenvalue weighted by molar-refractivity contribution is -0.150. The highest BCUT2D eigenvalue weighted by atomic mass is 16.6. The smallest absolute Gasteiger partial charge is 0.220 e. The van der Waals surface area contributed by atoms with Crippen LogP contribution < -0.4 is 11.1 Å². The lowest BCUT2D eigenvalue weighted by Crippen LogP contribution is -2.58. The second-order valence-electron chi connectivity index (χ2n) is 11.2. The summed E-state index contributed by atoms with van der Waals surface area (Å²) in [6.45, 7) is 6.45. The number of ketones is 1. The van der Waals surface area contributed by atoms with E-state index in [1.807, 2.05) is 0 Å². The van der Waals surface area contributed by atoms with Gasteiger partial charge in [-0.2, -0.15) is 0 Å². The van der Waals surface area contributed by atoms with Gasteiger partial charge in [-0.05, 0) is 80.6 Å². The van der Waals surface area contributed by atoms with Crippen LogP contribution in [0, 0.1) is 40.4 Å². The van der Waals surface area contributed by atoms with Crippen LogP contribution in [0.2, 0.25) is 0 Å². The molecule has 0 radical (unpaired) electrons. The fourth-order valence-corrected chi connectivity index (χ4v) is 8.18. The van der Waals surface area contributed by atoms with E-state index in [0.29, 0.717) is 23.5 Å². The van der Waals surface area contributed by atoms with Crippen LogP contribution in [0.5, 0.6) is 0 Å². The number of carbonyl (C=O) groups is 2. The van der Waals surface area contributed by atoms with E-state index < -0.39 is 0 Å². The summed E-state index contributed by atoms with van der Waals surface area (Å²) in [6.07, 6.45) is 8.69. The monoisotopic (exact) mass is 415 g/mol. The molecule has 0 aromatic carbocycles. The minimum Gasteiger partial charge on any atom is -0.391 e. The number of amides is 1. The summed E-state index contributed by atoms with van der Waals surface area (Å²) in [5, 5.41) is 7.85. The first-order valence-electron chi connectivity index (χ1n) is 12.1. The first-order chi connectivity index (χ1) is 14.3. The Kier molecular flexibility index (Phi) is 4.99. The average Bonchev–Trinajstić information content (AvgIpc) is 3.34. The van der Waals surface area contributed by atoms with Crippen molar-refractivity contribution in [3.8, 4) is 0 Å². The van der Waals surface area contributed by atoms with E-state index in [4.69, 9.17) is 10.6 Å². The van der Waals surface area contributed by atoms with Crippen LogP contribution in [-0.4, -0.2) is 36.6 Å². The number of carbonyl (C=O) groups excluding carboxylic acids is 2. The van der Waals surface area contributed by atoms with Gasteiger partial charge in [-0.25, -0.2) is 0 Å². The van der Waals surface area contributed by atoms with E-state index in [1.165, 1.54) is 0 Å². The van der Waals surface area contributed by atoms with Gasteiger partial charge in [-0.3, -0.25) is 9.59 Å². The van der Waals surface area contributed by atoms with Gasteiger partial charge >= 0.3 is 0 Å². The quantitative estimate of drug-likeness (QED) is 0.693. The van der Waals surface area contributed by atoms with E-state index in [9.17, 15) is 9.59 Å². The normalized spacial score (nSPS) is 49.4. The van der Waals surface area contributed by atoms with E-state index in [2.05, 4.69) is 24.3 Å². The zero-order valence-electron chi connectivity index (χ0n) is 18.5. The molecule has 5 fully saturated rings. The van der Waals surface area contributed by atoms with Crippen LogP contribution in [-0.2, 0) is 14.4 Å². The van der Waals surface area contributed by atoms with E-state index in [0.717, 1.165) is 76.6 Å². The Morgan fingerprint density at radius 3 is 2.70 bits per heavy atom. The molecule has 0 bridgehead atoms. The molecule has 166 valence electrons. The van der Waals surface area contributed by atoms with Gasteiger partial charge in [0.2, 0.25) is 5.91 Å². The molecule has 4 saturated carbocycles. The van der Waals surface area contributed by atoms with Crippen molar-refractivity contribution in [1.29, 1.82) is 0 Å². The van der Waals surface area contributed by atoms with Crippen molar-refractivity contribution in [2.75, 3.05) is 13.1 Å². The summed E-state index contributed by atoms with van der Waals surface area (Å²) in [7, 11) is 0. The Morgan fingerprint density at radius 1 is 1.13 bits per heavy atom. The third-order valence-electron chi connectivity index (χ3n) is 9.97. The molecule has 0 aromatic rings. The Balaban J connectivity index is 1.40. The van der Waals surface area contributed by atoms with E-state index in [-0.39, 0.29) is 34.7 Å². The van der Waals surface area contributed by atoms with E-state index >= 15 is 0 Å². The minimum atomic E-state index is -0.170. The molecule has 5 aliphatic rings. The number of rotatable bonds is 3. The van der Waals surface area contributed by atoms with Crippen LogP contribution in [0.4, 0.5) is 0 Å². The molecule has 4 aliphatic carbocycles. The zero-order chi connectivity index (χ0) is 21.1. The van der Waals surface area contributed by atoms with Crippen molar-refractivity contribution >= 4 is 17.4 Å². The first kappa shape index (κ1) is 20.5. The van der Waals surface area contributed by atoms with Gasteiger partial charge in [0.05, 0.1) is 5.71 Å². The number of oxime groups is 1. The topological polar surface area (TPSA) is 93.8 Å². The van der Waals surface area contributed by atoms with Crippen LogP contribution in [0.1, 0.15) is 71.6 Å². The summed E-state index contributed by atoms with van der Waals surface area (Å²) >= 11 is 0. The lowest BCUT2D eigenvalue weighted by atomic mass is 9.43. The standard InChI is InChI=1S/C24H37N3O3/c1-23-8-5-14(27-30-15-7-10-26-13-15)11-20(23)17(22(25)29)12-16-18-3-4-21(28)24(18,2)9-6-19(16)23/h15-20,26H,3-13H2,1-2H3,(H2,25,29)/b27-14+/t15-,16+,17+,18+,19+,20?,23-,24+/m1/s1. The van der Waals surface area contributed by atoms with Crippen molar-refractivity contribution in [3.63, 3.8) is 0 Å². The maximum Gasteiger partial charge on any atom is 0.220 e. The molecule has 8 atom stereocenters. The second kappa shape index (κ2) is 7.32. The Morgan fingerprint density at radius 2 is 1.97 bits per heavy atom. The largest absolute Gasteiger partial charge is 0.391 e. The van der Waals surface area contributed by atoms with Crippen molar-refractivity contribution in [3.05, 3.63) is 0 Å². The molecule has 1 aliphatic heterocycles. The maximum absolute atomic E-state index is 12.7. The van der Waals surface area contributed by atoms with Crippen LogP contribution >= 0.6 is 0 Å². The molecule has 1 amide bonds. The lowest BCUT2D eigenvalue weighted by Gasteiger charge is -2.61. The van der Waals surface area contributed by atoms with Crippen molar-refractivity contribution in [1.82, 2.24) is 5.32 Å². The average molecular weight is 416 g/mol. The van der Waals surface area contributed by atoms with Gasteiger partial charge in [0.1, 0.15) is 11.9 Å². The summed E-state index contributed by atoms with van der Waals surface area (Å²) in [5.74, 6) is 1.88. The van der Waals surface area contributed by atoms with Gasteiger partial charge in [0, 0.05) is 30.7 Å². The Hall–Kier alpha value is -1.43. The predicted molar refractivity (Wildman–Crippen MR) is 115 cm³/mol. The zero-order valence-corrected chi connectivity index (χ0v) is 18.5. The number of Topliss-reactive ketones (excluding diaryl/α,β-unsaturated/α-hetero) is 1. The van der Waals surface area contributed by atoms with Gasteiger partial charge in [0.25, 0.3) is 0 Å². The highest BCUT2D eigenvalue weighted by molar-refractivity contribution is 5.88. The summed E-state index contributed by atoms with van der Waals surface area (Å²) in [6, 6.07) is 0. The van der Waals surface area contributed by atoms with Crippen LogP contribution in [0.25, 0.3) is 0 Å². The summed E-state index contributed by atoms with van der Waals surface area (Å²) in [5.41, 5.74) is 7.02. The number of nitrogens with zero attached hydrogens (tertiary/aromatic N) is 1. The highest BCUT2D eigenvalue weighted by Crippen LogP contribution is 2.66. The van der Waals surface area contributed by atoms with Crippen molar-refractivity contribution < 1.29 is 14.4 Å². The molecule has 1 unspecified atom stereocenters. The Bertz CT molecular complexity index is 761. The molecule has 5 rings (SSSR count). The fraction of sp³-hybridized carbons (Fsp3) is 0.875. The SMILES string of the molecule is C[C@]12CC/C(=N\O[C@@H]3CCNC3)CC1[C@@H](C(N)=O)C[C@@H]1[C@@H]2CC[C@]2(C)C(=O)CC[C@@H]12. The van der Waals surface area contributed by atoms with Crippen LogP contribution in [0.3, 0.4) is 0 Å². The van der Waals surface area contributed by atoms with Gasteiger partial charge in [0.15, 0.2) is 0 Å². The second-order valence-corrected chi connectivity index (χ2v) is 11.2. The maximum atomic E-state index is 12.7. The molecule has 6 nitrogen and oxygen atoms in total. The van der Waals surface area contributed by atoms with E-state index in [1.54, 1.807) is 0 Å². The molecule has 0 spiro atoms. The molecular formula is C24H37N3O3.